The highest BCUT2D eigenvalue weighted by Crippen LogP contribution is 2.54. The molecule has 1 spiro atoms. The van der Waals surface area contributed by atoms with E-state index in [0.29, 0.717) is 11.6 Å². The smallest absolute Gasteiger partial charge is 0.198 e. The molecule has 0 radical (unpaired) electrons. The molecule has 100 valence electrons. The predicted octanol–water partition coefficient (Wildman–Crippen LogP) is 3.75. The summed E-state index contributed by atoms with van der Waals surface area (Å²) in [4.78, 5) is 12.6. The molecular weight excluding hydrogens is 272 g/mol. The van der Waals surface area contributed by atoms with E-state index in [4.69, 9.17) is 16.3 Å². The van der Waals surface area contributed by atoms with Crippen molar-refractivity contribution in [1.29, 1.82) is 0 Å². The molecule has 1 heterocycles. The van der Waals surface area contributed by atoms with Gasteiger partial charge in [-0.1, -0.05) is 47.5 Å². The monoisotopic (exact) mass is 284 g/mol. The number of aryl methyl sites for hydroxylation is 1. The molecule has 0 saturated carbocycles. The van der Waals surface area contributed by atoms with E-state index < -0.39 is 5.60 Å². The number of carbonyl (C=O) groups excluding carboxylic acids is 1. The van der Waals surface area contributed by atoms with Crippen LogP contribution in [0.5, 0.6) is 0 Å². The molecule has 2 aromatic rings. The molecule has 0 amide bonds. The lowest BCUT2D eigenvalue weighted by Crippen LogP contribution is -2.25. The van der Waals surface area contributed by atoms with Gasteiger partial charge in [-0.3, -0.25) is 4.79 Å². The largest absolute Gasteiger partial charge is 0.360 e. The number of fused-ring (bicyclic) bond motifs is 1. The number of epoxide rings is 1. The van der Waals surface area contributed by atoms with E-state index in [-0.39, 0.29) is 11.7 Å². The van der Waals surface area contributed by atoms with Gasteiger partial charge < -0.3 is 4.74 Å². The van der Waals surface area contributed by atoms with Gasteiger partial charge in [0.25, 0.3) is 0 Å². The van der Waals surface area contributed by atoms with Crippen molar-refractivity contribution in [3.05, 3.63) is 69.7 Å². The van der Waals surface area contributed by atoms with Gasteiger partial charge >= 0.3 is 0 Å². The van der Waals surface area contributed by atoms with E-state index in [0.717, 1.165) is 22.3 Å². The highest BCUT2D eigenvalue weighted by molar-refractivity contribution is 6.30. The summed E-state index contributed by atoms with van der Waals surface area (Å²) in [7, 11) is 0. The van der Waals surface area contributed by atoms with Crippen LogP contribution in [0.4, 0.5) is 0 Å². The summed E-state index contributed by atoms with van der Waals surface area (Å²) in [6.07, 6.45) is 0. The van der Waals surface area contributed by atoms with Gasteiger partial charge in [-0.25, -0.2) is 0 Å². The fourth-order valence-corrected chi connectivity index (χ4v) is 3.34. The molecule has 2 aliphatic rings. The number of benzene rings is 2. The fraction of sp³-hybridized carbons (Fsp3) is 0.235. The van der Waals surface area contributed by atoms with Crippen LogP contribution in [0.3, 0.4) is 0 Å². The highest BCUT2D eigenvalue weighted by atomic mass is 35.5. The minimum atomic E-state index is -0.663. The van der Waals surface area contributed by atoms with Crippen molar-refractivity contribution < 1.29 is 9.53 Å². The lowest BCUT2D eigenvalue weighted by atomic mass is 9.85. The zero-order valence-electron chi connectivity index (χ0n) is 11.0. The zero-order chi connectivity index (χ0) is 13.9. The number of rotatable bonds is 1. The average molecular weight is 285 g/mol. The third-order valence-electron chi connectivity index (χ3n) is 4.27. The Balaban J connectivity index is 1.92. The van der Waals surface area contributed by atoms with Crippen molar-refractivity contribution >= 4 is 17.4 Å². The third kappa shape index (κ3) is 1.52. The maximum atomic E-state index is 12.6. The molecule has 2 nitrogen and oxygen atoms in total. The van der Waals surface area contributed by atoms with Crippen molar-refractivity contribution in [3.63, 3.8) is 0 Å². The molecule has 1 fully saturated rings. The SMILES string of the molecule is Cc1ccc2c(c1)C(c1ccc(Cl)cc1)C1(CO1)C2=O. The van der Waals surface area contributed by atoms with Gasteiger partial charge in [0.2, 0.25) is 0 Å². The first-order valence-electron chi connectivity index (χ1n) is 6.66. The average Bonchev–Trinajstić information content (AvgIpc) is 3.18. The molecule has 1 aliphatic carbocycles. The van der Waals surface area contributed by atoms with E-state index >= 15 is 0 Å². The van der Waals surface area contributed by atoms with E-state index in [1.165, 1.54) is 0 Å². The number of ether oxygens (including phenoxy) is 1. The Bertz CT molecular complexity index is 714. The van der Waals surface area contributed by atoms with E-state index in [9.17, 15) is 4.79 Å². The summed E-state index contributed by atoms with van der Waals surface area (Å²) in [5.41, 5.74) is 3.46. The van der Waals surface area contributed by atoms with Gasteiger partial charge in [-0.05, 0) is 30.2 Å². The Morgan fingerprint density at radius 3 is 2.55 bits per heavy atom. The first kappa shape index (κ1) is 12.1. The Labute approximate surface area is 122 Å². The lowest BCUT2D eigenvalue weighted by molar-refractivity contribution is 0.0882. The number of Topliss-reactive ketones (excluding diaryl/α,β-unsaturated/α-hetero) is 1. The number of halogens is 1. The molecule has 20 heavy (non-hydrogen) atoms. The van der Waals surface area contributed by atoms with Gasteiger partial charge in [0.05, 0.1) is 6.61 Å². The van der Waals surface area contributed by atoms with Crippen molar-refractivity contribution in [1.82, 2.24) is 0 Å². The van der Waals surface area contributed by atoms with Crippen molar-refractivity contribution in [2.24, 2.45) is 0 Å². The molecule has 3 heteroatoms. The Morgan fingerprint density at radius 1 is 1.20 bits per heavy atom. The topological polar surface area (TPSA) is 29.6 Å². The summed E-state index contributed by atoms with van der Waals surface area (Å²) < 4.78 is 5.61. The van der Waals surface area contributed by atoms with E-state index in [1.807, 2.05) is 43.3 Å². The second kappa shape index (κ2) is 3.94. The Kier molecular flexibility index (Phi) is 2.39. The lowest BCUT2D eigenvalue weighted by Gasteiger charge is -2.16. The normalized spacial score (nSPS) is 26.9. The highest BCUT2D eigenvalue weighted by Gasteiger charge is 2.63. The number of hydrogen-bond donors (Lipinski definition) is 0. The predicted molar refractivity (Wildman–Crippen MR) is 77.5 cm³/mol. The van der Waals surface area contributed by atoms with Crippen LogP contribution in [0.1, 0.15) is 33.0 Å². The first-order valence-corrected chi connectivity index (χ1v) is 7.04. The second-order valence-electron chi connectivity index (χ2n) is 5.58. The van der Waals surface area contributed by atoms with Crippen LogP contribution in [0, 0.1) is 6.92 Å². The summed E-state index contributed by atoms with van der Waals surface area (Å²) >= 11 is 5.96. The minimum Gasteiger partial charge on any atom is -0.360 e. The van der Waals surface area contributed by atoms with E-state index in [1.54, 1.807) is 0 Å². The molecule has 4 rings (SSSR count). The molecule has 0 bridgehead atoms. The van der Waals surface area contributed by atoms with Crippen molar-refractivity contribution in [3.8, 4) is 0 Å². The summed E-state index contributed by atoms with van der Waals surface area (Å²) in [5, 5.41) is 0.702. The minimum absolute atomic E-state index is 0.0119. The molecule has 2 unspecified atom stereocenters. The maximum Gasteiger partial charge on any atom is 0.198 e. The Hall–Kier alpha value is -1.64. The summed E-state index contributed by atoms with van der Waals surface area (Å²) in [5.74, 6) is 0.106. The van der Waals surface area contributed by atoms with Crippen LogP contribution in [-0.2, 0) is 4.74 Å². The van der Waals surface area contributed by atoms with Crippen LogP contribution in [0.25, 0.3) is 0 Å². The van der Waals surface area contributed by atoms with Gasteiger partial charge in [0.1, 0.15) is 0 Å². The van der Waals surface area contributed by atoms with Crippen LogP contribution in [0.2, 0.25) is 5.02 Å². The quantitative estimate of drug-likeness (QED) is 0.747. The van der Waals surface area contributed by atoms with Gasteiger partial charge in [-0.2, -0.15) is 0 Å². The number of hydrogen-bond acceptors (Lipinski definition) is 2. The first-order chi connectivity index (χ1) is 9.62. The number of carbonyl (C=O) groups is 1. The van der Waals surface area contributed by atoms with Crippen molar-refractivity contribution in [2.75, 3.05) is 6.61 Å². The molecule has 2 aromatic carbocycles. The number of ketones is 1. The summed E-state index contributed by atoms with van der Waals surface area (Å²) in [6, 6.07) is 13.7. The summed E-state index contributed by atoms with van der Waals surface area (Å²) in [6.45, 7) is 2.55. The van der Waals surface area contributed by atoms with Gasteiger partial charge in [0.15, 0.2) is 11.4 Å². The molecule has 1 aliphatic heterocycles. The van der Waals surface area contributed by atoms with Crippen LogP contribution >= 0.6 is 11.6 Å². The third-order valence-corrected chi connectivity index (χ3v) is 4.52. The van der Waals surface area contributed by atoms with Crippen LogP contribution in [-0.4, -0.2) is 18.0 Å². The molecule has 1 saturated heterocycles. The maximum absolute atomic E-state index is 12.6. The van der Waals surface area contributed by atoms with Crippen molar-refractivity contribution in [2.45, 2.75) is 18.4 Å². The van der Waals surface area contributed by atoms with Crippen LogP contribution < -0.4 is 0 Å². The molecule has 0 N–H and O–H groups in total. The standard InChI is InChI=1S/C17H13ClO2/c1-10-2-7-13-14(8-10)15(17(9-20-17)16(13)19)11-3-5-12(18)6-4-11/h2-8,15H,9H2,1H3. The zero-order valence-corrected chi connectivity index (χ0v) is 11.8. The molecule has 0 aromatic heterocycles. The fourth-order valence-electron chi connectivity index (χ4n) is 3.22. The molecule has 2 atom stereocenters. The Morgan fingerprint density at radius 2 is 1.90 bits per heavy atom. The second-order valence-corrected chi connectivity index (χ2v) is 6.02. The van der Waals surface area contributed by atoms with Crippen LogP contribution in [0.15, 0.2) is 42.5 Å². The van der Waals surface area contributed by atoms with Gasteiger partial charge in [-0.15, -0.1) is 0 Å². The van der Waals surface area contributed by atoms with E-state index in [2.05, 4.69) is 6.07 Å². The van der Waals surface area contributed by atoms with Gasteiger partial charge in [0, 0.05) is 16.5 Å². The molecular formula is C17H13ClO2.